The summed E-state index contributed by atoms with van der Waals surface area (Å²) >= 11 is 0. The van der Waals surface area contributed by atoms with Crippen LogP contribution in [0.5, 0.6) is 5.75 Å². The van der Waals surface area contributed by atoms with Gasteiger partial charge in [0.2, 0.25) is 0 Å². The van der Waals surface area contributed by atoms with E-state index in [4.69, 9.17) is 4.74 Å². The quantitative estimate of drug-likeness (QED) is 0.564. The topological polar surface area (TPSA) is 67.0 Å². The number of hydrogen-bond acceptors (Lipinski definition) is 3. The van der Waals surface area contributed by atoms with E-state index in [9.17, 15) is 4.79 Å². The molecule has 1 amide bonds. The van der Waals surface area contributed by atoms with Crippen molar-refractivity contribution >= 4 is 22.6 Å². The highest BCUT2D eigenvalue weighted by atomic mass is 16.5. The molecule has 128 valence electrons. The molecule has 0 saturated heterocycles. The normalized spacial score (nSPS) is 10.6. The van der Waals surface area contributed by atoms with Gasteiger partial charge in [-0.25, -0.2) is 4.98 Å². The highest BCUT2D eigenvalue weighted by Crippen LogP contribution is 2.21. The van der Waals surface area contributed by atoms with Crippen LogP contribution in [-0.4, -0.2) is 15.9 Å². The molecule has 5 heteroatoms. The van der Waals surface area contributed by atoms with E-state index in [1.807, 2.05) is 48.5 Å². The SMILES string of the molecule is O=C(Nc1cccc2[nH]cnc12)c1ccc(OCc2ccccc2)cc1. The van der Waals surface area contributed by atoms with Gasteiger partial charge in [0.15, 0.2) is 0 Å². The fourth-order valence-electron chi connectivity index (χ4n) is 2.70. The monoisotopic (exact) mass is 343 g/mol. The van der Waals surface area contributed by atoms with Gasteiger partial charge < -0.3 is 15.0 Å². The predicted octanol–water partition coefficient (Wildman–Crippen LogP) is 4.39. The van der Waals surface area contributed by atoms with Crippen LogP contribution in [0.15, 0.2) is 79.1 Å². The molecule has 0 fully saturated rings. The Morgan fingerprint density at radius 3 is 2.58 bits per heavy atom. The van der Waals surface area contributed by atoms with Crippen LogP contribution >= 0.6 is 0 Å². The van der Waals surface area contributed by atoms with E-state index in [-0.39, 0.29) is 5.91 Å². The third-order valence-corrected chi connectivity index (χ3v) is 4.06. The van der Waals surface area contributed by atoms with E-state index in [1.54, 1.807) is 30.6 Å². The van der Waals surface area contributed by atoms with Crippen molar-refractivity contribution < 1.29 is 9.53 Å². The number of ether oxygens (including phenoxy) is 1. The Morgan fingerprint density at radius 1 is 0.962 bits per heavy atom. The number of aromatic amines is 1. The fraction of sp³-hybridized carbons (Fsp3) is 0.0476. The van der Waals surface area contributed by atoms with Crippen LogP contribution in [0.3, 0.4) is 0 Å². The molecule has 0 bridgehead atoms. The van der Waals surface area contributed by atoms with Gasteiger partial charge in [-0.05, 0) is 42.0 Å². The van der Waals surface area contributed by atoms with Gasteiger partial charge in [-0.15, -0.1) is 0 Å². The van der Waals surface area contributed by atoms with E-state index in [2.05, 4.69) is 15.3 Å². The Hall–Kier alpha value is -3.60. The zero-order valence-electron chi connectivity index (χ0n) is 14.0. The van der Waals surface area contributed by atoms with Gasteiger partial charge in [-0.3, -0.25) is 4.79 Å². The molecule has 1 heterocycles. The van der Waals surface area contributed by atoms with Crippen molar-refractivity contribution in [2.75, 3.05) is 5.32 Å². The summed E-state index contributed by atoms with van der Waals surface area (Å²) in [6.07, 6.45) is 1.61. The maximum atomic E-state index is 12.5. The molecule has 2 N–H and O–H groups in total. The highest BCUT2D eigenvalue weighted by molar-refractivity contribution is 6.07. The number of nitrogens with one attached hydrogen (secondary N) is 2. The molecule has 4 rings (SSSR count). The first-order chi connectivity index (χ1) is 12.8. The molecule has 0 aliphatic heterocycles. The molecular formula is C21H17N3O2. The van der Waals surface area contributed by atoms with Crippen molar-refractivity contribution in [2.45, 2.75) is 6.61 Å². The first-order valence-corrected chi connectivity index (χ1v) is 8.30. The van der Waals surface area contributed by atoms with Gasteiger partial charge in [0, 0.05) is 5.56 Å². The van der Waals surface area contributed by atoms with Gasteiger partial charge in [-0.2, -0.15) is 0 Å². The Labute approximate surface area is 150 Å². The number of amides is 1. The number of H-pyrrole nitrogens is 1. The summed E-state index contributed by atoms with van der Waals surface area (Å²) in [5.41, 5.74) is 3.96. The molecule has 1 aromatic heterocycles. The number of carbonyl (C=O) groups is 1. The fourth-order valence-corrected chi connectivity index (χ4v) is 2.70. The maximum absolute atomic E-state index is 12.5. The van der Waals surface area contributed by atoms with Crippen molar-refractivity contribution in [3.63, 3.8) is 0 Å². The molecule has 0 unspecified atom stereocenters. The van der Waals surface area contributed by atoms with Crippen LogP contribution in [0.25, 0.3) is 11.0 Å². The van der Waals surface area contributed by atoms with Crippen molar-refractivity contribution in [1.82, 2.24) is 9.97 Å². The van der Waals surface area contributed by atoms with Gasteiger partial charge >= 0.3 is 0 Å². The lowest BCUT2D eigenvalue weighted by molar-refractivity contribution is 0.102. The average Bonchev–Trinajstić information content (AvgIpc) is 3.17. The molecule has 0 aliphatic carbocycles. The Balaban J connectivity index is 1.43. The van der Waals surface area contributed by atoms with Crippen molar-refractivity contribution in [2.24, 2.45) is 0 Å². The molecule has 0 atom stereocenters. The second kappa shape index (κ2) is 7.11. The molecular weight excluding hydrogens is 326 g/mol. The van der Waals surface area contributed by atoms with Crippen LogP contribution in [0, 0.1) is 0 Å². The zero-order valence-corrected chi connectivity index (χ0v) is 14.0. The average molecular weight is 343 g/mol. The van der Waals surface area contributed by atoms with E-state index in [0.717, 1.165) is 22.3 Å². The summed E-state index contributed by atoms with van der Waals surface area (Å²) in [5, 5.41) is 2.90. The van der Waals surface area contributed by atoms with Crippen molar-refractivity contribution in [1.29, 1.82) is 0 Å². The lowest BCUT2D eigenvalue weighted by Crippen LogP contribution is -2.12. The number of nitrogens with zero attached hydrogens (tertiary/aromatic N) is 1. The minimum Gasteiger partial charge on any atom is -0.489 e. The predicted molar refractivity (Wildman–Crippen MR) is 101 cm³/mol. The van der Waals surface area contributed by atoms with Crippen molar-refractivity contribution in [3.05, 3.63) is 90.3 Å². The number of imidazole rings is 1. The molecule has 0 saturated carbocycles. The Morgan fingerprint density at radius 2 is 1.77 bits per heavy atom. The Bertz CT molecular complexity index is 1020. The van der Waals surface area contributed by atoms with E-state index in [1.165, 1.54) is 0 Å². The number of fused-ring (bicyclic) bond motifs is 1. The molecule has 5 nitrogen and oxygen atoms in total. The van der Waals surface area contributed by atoms with Gasteiger partial charge in [0.1, 0.15) is 17.9 Å². The smallest absolute Gasteiger partial charge is 0.255 e. The summed E-state index contributed by atoms with van der Waals surface area (Å²) in [5.74, 6) is 0.537. The molecule has 0 spiro atoms. The molecule has 4 aromatic rings. The minimum absolute atomic E-state index is 0.185. The Kier molecular flexibility index (Phi) is 4.35. The number of benzene rings is 3. The van der Waals surface area contributed by atoms with Crippen LogP contribution in [-0.2, 0) is 6.61 Å². The van der Waals surface area contributed by atoms with E-state index in [0.29, 0.717) is 17.9 Å². The third-order valence-electron chi connectivity index (χ3n) is 4.06. The van der Waals surface area contributed by atoms with Crippen LogP contribution in [0.1, 0.15) is 15.9 Å². The van der Waals surface area contributed by atoms with E-state index >= 15 is 0 Å². The van der Waals surface area contributed by atoms with Gasteiger partial charge in [0.05, 0.1) is 17.5 Å². The number of anilines is 1. The van der Waals surface area contributed by atoms with Crippen molar-refractivity contribution in [3.8, 4) is 5.75 Å². The summed E-state index contributed by atoms with van der Waals surface area (Å²) in [4.78, 5) is 19.8. The number of hydrogen-bond donors (Lipinski definition) is 2. The van der Waals surface area contributed by atoms with Gasteiger partial charge in [-0.1, -0.05) is 36.4 Å². The van der Waals surface area contributed by atoms with E-state index < -0.39 is 0 Å². The number of carbonyl (C=O) groups excluding carboxylic acids is 1. The lowest BCUT2D eigenvalue weighted by atomic mass is 10.2. The lowest BCUT2D eigenvalue weighted by Gasteiger charge is -2.08. The molecule has 3 aromatic carbocycles. The number of aromatic nitrogens is 2. The largest absolute Gasteiger partial charge is 0.489 e. The summed E-state index contributed by atoms with van der Waals surface area (Å²) in [6.45, 7) is 0.494. The zero-order chi connectivity index (χ0) is 17.8. The number of rotatable bonds is 5. The summed E-state index contributed by atoms with van der Waals surface area (Å²) < 4.78 is 5.75. The molecule has 26 heavy (non-hydrogen) atoms. The first-order valence-electron chi connectivity index (χ1n) is 8.30. The highest BCUT2D eigenvalue weighted by Gasteiger charge is 2.10. The van der Waals surface area contributed by atoms with Crippen LogP contribution in [0.4, 0.5) is 5.69 Å². The molecule has 0 radical (unpaired) electrons. The maximum Gasteiger partial charge on any atom is 0.255 e. The summed E-state index contributed by atoms with van der Waals surface area (Å²) in [7, 11) is 0. The first kappa shape index (κ1) is 15.9. The van der Waals surface area contributed by atoms with Gasteiger partial charge in [0.25, 0.3) is 5.91 Å². The second-order valence-corrected chi connectivity index (χ2v) is 5.86. The standard InChI is InChI=1S/C21H17N3O2/c25-21(24-19-8-4-7-18-20(19)23-14-22-18)16-9-11-17(12-10-16)26-13-15-5-2-1-3-6-15/h1-12,14H,13H2,(H,22,23)(H,24,25). The second-order valence-electron chi connectivity index (χ2n) is 5.86. The van der Waals surface area contributed by atoms with Crippen LogP contribution in [0.2, 0.25) is 0 Å². The summed E-state index contributed by atoms with van der Waals surface area (Å²) in [6, 6.07) is 22.7. The third kappa shape index (κ3) is 3.42. The van der Waals surface area contributed by atoms with Crippen LogP contribution < -0.4 is 10.1 Å². The minimum atomic E-state index is -0.185. The number of para-hydroxylation sites is 1. The molecule has 0 aliphatic rings.